The standard InChI is InChI=1S/C19H20N4O5S/c1-3-19(24)22-18(14-5-4-6-16(11-14)23(25)26)12-17(20-22)13-7-9-15(10-8-13)21-29(2,27)28/h4-11,18,21H,3,12H2,1-2H3/t18-/m0/s1. The topological polar surface area (TPSA) is 122 Å². The quantitative estimate of drug-likeness (QED) is 0.573. The molecule has 0 radical (unpaired) electrons. The van der Waals surface area contributed by atoms with E-state index < -0.39 is 21.0 Å². The summed E-state index contributed by atoms with van der Waals surface area (Å²) in [5.74, 6) is -0.188. The summed E-state index contributed by atoms with van der Waals surface area (Å²) in [5.41, 5.74) is 2.40. The van der Waals surface area contributed by atoms with Crippen molar-refractivity contribution < 1.29 is 18.1 Å². The number of nitro benzene ring substituents is 1. The molecule has 1 aliphatic heterocycles. The summed E-state index contributed by atoms with van der Waals surface area (Å²) < 4.78 is 25.1. The van der Waals surface area contributed by atoms with Crippen molar-refractivity contribution in [3.63, 3.8) is 0 Å². The number of nitrogens with zero attached hydrogens (tertiary/aromatic N) is 3. The molecule has 1 atom stereocenters. The summed E-state index contributed by atoms with van der Waals surface area (Å²) in [7, 11) is -3.38. The molecule has 0 saturated carbocycles. The normalized spacial score (nSPS) is 16.4. The molecule has 29 heavy (non-hydrogen) atoms. The summed E-state index contributed by atoms with van der Waals surface area (Å²) in [5, 5.41) is 16.9. The minimum Gasteiger partial charge on any atom is -0.284 e. The van der Waals surface area contributed by atoms with Crippen LogP contribution in [0.25, 0.3) is 0 Å². The minimum atomic E-state index is -3.38. The van der Waals surface area contributed by atoms with Crippen LogP contribution in [0, 0.1) is 10.1 Å². The fourth-order valence-corrected chi connectivity index (χ4v) is 3.69. The lowest BCUT2D eigenvalue weighted by Crippen LogP contribution is -2.26. The van der Waals surface area contributed by atoms with E-state index in [9.17, 15) is 23.3 Å². The maximum absolute atomic E-state index is 12.4. The summed E-state index contributed by atoms with van der Waals surface area (Å²) in [6, 6.07) is 12.4. The smallest absolute Gasteiger partial charge is 0.269 e. The van der Waals surface area contributed by atoms with Crippen LogP contribution in [0.1, 0.15) is 36.9 Å². The second kappa shape index (κ2) is 8.00. The predicted molar refractivity (Wildman–Crippen MR) is 109 cm³/mol. The zero-order valence-corrected chi connectivity index (χ0v) is 16.7. The van der Waals surface area contributed by atoms with Crippen molar-refractivity contribution in [1.29, 1.82) is 0 Å². The first-order valence-electron chi connectivity index (χ1n) is 8.90. The number of benzene rings is 2. The van der Waals surface area contributed by atoms with Gasteiger partial charge in [-0.15, -0.1) is 0 Å². The van der Waals surface area contributed by atoms with Crippen LogP contribution in [0.15, 0.2) is 53.6 Å². The Bertz CT molecular complexity index is 1080. The molecule has 2 aromatic rings. The van der Waals surface area contributed by atoms with Gasteiger partial charge in [0.25, 0.3) is 5.69 Å². The van der Waals surface area contributed by atoms with E-state index in [1.807, 2.05) is 0 Å². The number of carbonyl (C=O) groups excluding carboxylic acids is 1. The van der Waals surface area contributed by atoms with E-state index in [0.717, 1.165) is 11.8 Å². The molecule has 0 unspecified atom stereocenters. The van der Waals surface area contributed by atoms with Crippen molar-refractivity contribution in [2.45, 2.75) is 25.8 Å². The Labute approximate surface area is 168 Å². The Morgan fingerprint density at radius 1 is 1.28 bits per heavy atom. The van der Waals surface area contributed by atoms with Crippen LogP contribution in [0.3, 0.4) is 0 Å². The molecule has 9 nitrogen and oxygen atoms in total. The molecule has 1 aliphatic rings. The lowest BCUT2D eigenvalue weighted by molar-refractivity contribution is -0.384. The van der Waals surface area contributed by atoms with Crippen LogP contribution in [0.2, 0.25) is 0 Å². The molecule has 0 bridgehead atoms. The number of nitrogens with one attached hydrogen (secondary N) is 1. The first-order valence-corrected chi connectivity index (χ1v) is 10.8. The van der Waals surface area contributed by atoms with Crippen molar-refractivity contribution in [1.82, 2.24) is 5.01 Å². The van der Waals surface area contributed by atoms with Crippen molar-refractivity contribution in [3.05, 3.63) is 69.8 Å². The van der Waals surface area contributed by atoms with E-state index in [-0.39, 0.29) is 18.0 Å². The maximum atomic E-state index is 12.4. The van der Waals surface area contributed by atoms with Crippen molar-refractivity contribution in [2.75, 3.05) is 11.0 Å². The van der Waals surface area contributed by atoms with Gasteiger partial charge in [-0.2, -0.15) is 5.10 Å². The van der Waals surface area contributed by atoms with Crippen LogP contribution in [0.5, 0.6) is 0 Å². The molecule has 0 spiro atoms. The van der Waals surface area contributed by atoms with Gasteiger partial charge in [-0.05, 0) is 23.3 Å². The van der Waals surface area contributed by atoms with E-state index in [4.69, 9.17) is 0 Å². The summed E-state index contributed by atoms with van der Waals surface area (Å²) in [4.78, 5) is 23.0. The second-order valence-corrected chi connectivity index (χ2v) is 8.41. The molecule has 0 saturated heterocycles. The molecular formula is C19H20N4O5S. The van der Waals surface area contributed by atoms with Crippen LogP contribution in [0.4, 0.5) is 11.4 Å². The van der Waals surface area contributed by atoms with E-state index in [1.165, 1.54) is 17.1 Å². The van der Waals surface area contributed by atoms with E-state index >= 15 is 0 Å². The van der Waals surface area contributed by atoms with Crippen LogP contribution >= 0.6 is 0 Å². The average molecular weight is 416 g/mol. The van der Waals surface area contributed by atoms with Gasteiger partial charge in [0.05, 0.1) is 22.9 Å². The SMILES string of the molecule is CCC(=O)N1N=C(c2ccc(NS(C)(=O)=O)cc2)C[C@H]1c1cccc([N+](=O)[O-])c1. The van der Waals surface area contributed by atoms with Crippen LogP contribution in [-0.4, -0.2) is 36.2 Å². The van der Waals surface area contributed by atoms with Gasteiger partial charge in [-0.1, -0.05) is 31.2 Å². The average Bonchev–Trinajstić information content (AvgIpc) is 3.12. The lowest BCUT2D eigenvalue weighted by Gasteiger charge is -2.21. The zero-order chi connectivity index (χ0) is 21.2. The van der Waals surface area contributed by atoms with E-state index in [2.05, 4.69) is 9.82 Å². The first-order chi connectivity index (χ1) is 13.7. The molecule has 2 aromatic carbocycles. The monoisotopic (exact) mass is 416 g/mol. The molecule has 0 aliphatic carbocycles. The third-order valence-corrected chi connectivity index (χ3v) is 5.06. The van der Waals surface area contributed by atoms with Crippen molar-refractivity contribution >= 4 is 33.0 Å². The van der Waals surface area contributed by atoms with E-state index in [1.54, 1.807) is 43.3 Å². The largest absolute Gasteiger partial charge is 0.284 e. The van der Waals surface area contributed by atoms with Gasteiger partial charge in [0.15, 0.2) is 0 Å². The highest BCUT2D eigenvalue weighted by atomic mass is 32.2. The first kappa shape index (κ1) is 20.5. The predicted octanol–water partition coefficient (Wildman–Crippen LogP) is 3.05. The molecular weight excluding hydrogens is 396 g/mol. The molecule has 10 heteroatoms. The van der Waals surface area contributed by atoms with Crippen molar-refractivity contribution in [3.8, 4) is 0 Å². The number of carbonyl (C=O) groups is 1. The van der Waals surface area contributed by atoms with Gasteiger partial charge in [0, 0.05) is 30.7 Å². The Morgan fingerprint density at radius 3 is 2.55 bits per heavy atom. The van der Waals surface area contributed by atoms with Gasteiger partial charge in [-0.25, -0.2) is 13.4 Å². The van der Waals surface area contributed by atoms with E-state index in [0.29, 0.717) is 23.4 Å². The molecule has 1 heterocycles. The number of hydrogen-bond donors (Lipinski definition) is 1. The fourth-order valence-electron chi connectivity index (χ4n) is 3.13. The Kier molecular flexibility index (Phi) is 5.64. The number of hydrogen-bond acceptors (Lipinski definition) is 6. The summed E-state index contributed by atoms with van der Waals surface area (Å²) in [6.45, 7) is 1.73. The number of rotatable bonds is 6. The number of sulfonamides is 1. The van der Waals surface area contributed by atoms with Gasteiger partial charge >= 0.3 is 0 Å². The number of anilines is 1. The molecule has 1 amide bonds. The summed E-state index contributed by atoms with van der Waals surface area (Å²) in [6.07, 6.45) is 1.71. The number of nitro groups is 1. The van der Waals surface area contributed by atoms with Crippen LogP contribution < -0.4 is 4.72 Å². The Hall–Kier alpha value is -3.27. The second-order valence-electron chi connectivity index (χ2n) is 6.66. The molecule has 0 aromatic heterocycles. The van der Waals surface area contributed by atoms with Crippen LogP contribution in [-0.2, 0) is 14.8 Å². The number of hydrazone groups is 1. The van der Waals surface area contributed by atoms with Gasteiger partial charge in [0.1, 0.15) is 0 Å². The third kappa shape index (κ3) is 4.77. The van der Waals surface area contributed by atoms with Gasteiger partial charge in [0.2, 0.25) is 15.9 Å². The highest BCUT2D eigenvalue weighted by Crippen LogP contribution is 2.34. The molecule has 3 rings (SSSR count). The Morgan fingerprint density at radius 2 is 1.97 bits per heavy atom. The highest BCUT2D eigenvalue weighted by molar-refractivity contribution is 7.92. The third-order valence-electron chi connectivity index (χ3n) is 4.46. The molecule has 1 N–H and O–H groups in total. The summed E-state index contributed by atoms with van der Waals surface area (Å²) >= 11 is 0. The Balaban J connectivity index is 1.90. The lowest BCUT2D eigenvalue weighted by atomic mass is 9.98. The fraction of sp³-hybridized carbons (Fsp3) is 0.263. The number of non-ortho nitro benzene ring substituents is 1. The maximum Gasteiger partial charge on any atom is 0.269 e. The number of amides is 1. The minimum absolute atomic E-state index is 0.0453. The zero-order valence-electron chi connectivity index (χ0n) is 15.9. The molecule has 152 valence electrons. The highest BCUT2D eigenvalue weighted by Gasteiger charge is 2.33. The van der Waals surface area contributed by atoms with Crippen molar-refractivity contribution in [2.24, 2.45) is 5.10 Å². The van der Waals surface area contributed by atoms with Gasteiger partial charge in [-0.3, -0.25) is 19.6 Å². The van der Waals surface area contributed by atoms with Gasteiger partial charge < -0.3 is 0 Å². The molecule has 0 fully saturated rings.